The standard InChI is InChI=1S/C37H41N5O3S/c1-42(2)35-32-16-8-9-17-33(32)40-37(41-35)39-30-21-19-27(20-22-30)24-38-36(43)29(23-26-11-4-3-5-12-26)25-46(44,45)34-18-10-14-28-13-6-7-15-31(28)34/h3-18,27,29-30H,19-25H2,1-2H3,(H,38,43)(H,39,40,41)/t27?,29-,30?/m1/s1. The Labute approximate surface area is 271 Å². The molecule has 1 fully saturated rings. The molecule has 1 aromatic heterocycles. The Bertz CT molecular complexity index is 1920. The highest BCUT2D eigenvalue weighted by molar-refractivity contribution is 7.91. The normalized spacial score (nSPS) is 17.4. The van der Waals surface area contributed by atoms with Gasteiger partial charge in [-0.2, -0.15) is 4.98 Å². The molecule has 9 heteroatoms. The molecule has 0 spiro atoms. The number of nitrogens with one attached hydrogen (secondary N) is 2. The number of amides is 1. The first-order valence-corrected chi connectivity index (χ1v) is 17.6. The highest BCUT2D eigenvalue weighted by Gasteiger charge is 2.29. The van der Waals surface area contributed by atoms with Gasteiger partial charge < -0.3 is 15.5 Å². The molecule has 1 saturated carbocycles. The Balaban J connectivity index is 1.09. The number of rotatable bonds is 11. The van der Waals surface area contributed by atoms with E-state index in [2.05, 4.69) is 10.6 Å². The van der Waals surface area contributed by atoms with Crippen molar-refractivity contribution in [1.82, 2.24) is 15.3 Å². The predicted molar refractivity (Wildman–Crippen MR) is 186 cm³/mol. The van der Waals surface area contributed by atoms with E-state index in [4.69, 9.17) is 9.97 Å². The van der Waals surface area contributed by atoms with Gasteiger partial charge in [-0.1, -0.05) is 78.9 Å². The maximum absolute atomic E-state index is 13.8. The summed E-state index contributed by atoms with van der Waals surface area (Å²) in [6.07, 6.45) is 4.13. The molecule has 6 rings (SSSR count). The monoisotopic (exact) mass is 635 g/mol. The zero-order valence-corrected chi connectivity index (χ0v) is 27.2. The molecule has 0 saturated heterocycles. The summed E-state index contributed by atoms with van der Waals surface area (Å²) in [6, 6.07) is 30.7. The zero-order valence-electron chi connectivity index (χ0n) is 26.4. The van der Waals surface area contributed by atoms with Crippen LogP contribution in [0.4, 0.5) is 11.8 Å². The Kier molecular flexibility index (Phi) is 9.49. The van der Waals surface area contributed by atoms with E-state index in [1.165, 1.54) is 0 Å². The van der Waals surface area contributed by atoms with Crippen molar-refractivity contribution >= 4 is 49.2 Å². The predicted octanol–water partition coefficient (Wildman–Crippen LogP) is 6.27. The van der Waals surface area contributed by atoms with E-state index in [0.717, 1.165) is 53.4 Å². The van der Waals surface area contributed by atoms with Gasteiger partial charge in [0.1, 0.15) is 5.82 Å². The molecule has 0 aliphatic heterocycles. The highest BCUT2D eigenvalue weighted by Crippen LogP contribution is 2.29. The molecule has 1 aliphatic rings. The van der Waals surface area contributed by atoms with Crippen LogP contribution in [0, 0.1) is 11.8 Å². The number of para-hydroxylation sites is 1. The van der Waals surface area contributed by atoms with Gasteiger partial charge in [-0.3, -0.25) is 4.79 Å². The number of carbonyl (C=O) groups excluding carboxylic acids is 1. The number of sulfone groups is 1. The largest absolute Gasteiger partial charge is 0.362 e. The lowest BCUT2D eigenvalue weighted by Crippen LogP contribution is -2.40. The highest BCUT2D eigenvalue weighted by atomic mass is 32.2. The van der Waals surface area contributed by atoms with Crippen LogP contribution < -0.4 is 15.5 Å². The number of aromatic nitrogens is 2. The molecule has 8 nitrogen and oxygen atoms in total. The molecular weight excluding hydrogens is 595 g/mol. The number of carbonyl (C=O) groups is 1. The van der Waals surface area contributed by atoms with Gasteiger partial charge in [0.15, 0.2) is 9.84 Å². The molecule has 5 aromatic rings. The third kappa shape index (κ3) is 7.31. The number of fused-ring (bicyclic) bond motifs is 2. The Hall–Kier alpha value is -4.50. The maximum Gasteiger partial charge on any atom is 0.225 e. The van der Waals surface area contributed by atoms with Crippen LogP contribution >= 0.6 is 0 Å². The first-order chi connectivity index (χ1) is 22.3. The SMILES string of the molecule is CN(C)c1nc(NC2CCC(CNC(=O)[C@H](Cc3ccccc3)CS(=O)(=O)c3cccc4ccccc34)CC2)nc2ccccc12. The lowest BCUT2D eigenvalue weighted by molar-refractivity contribution is -0.124. The van der Waals surface area contributed by atoms with Crippen molar-refractivity contribution in [2.45, 2.75) is 43.0 Å². The second-order valence-corrected chi connectivity index (χ2v) is 14.5. The van der Waals surface area contributed by atoms with Crippen molar-refractivity contribution in [3.8, 4) is 0 Å². The van der Waals surface area contributed by atoms with Crippen LogP contribution in [0.25, 0.3) is 21.7 Å². The summed E-state index contributed by atoms with van der Waals surface area (Å²) >= 11 is 0. The minimum absolute atomic E-state index is 0.214. The van der Waals surface area contributed by atoms with Gasteiger partial charge in [0, 0.05) is 37.5 Å². The lowest BCUT2D eigenvalue weighted by atomic mass is 9.86. The van der Waals surface area contributed by atoms with Crippen molar-refractivity contribution in [1.29, 1.82) is 0 Å². The van der Waals surface area contributed by atoms with E-state index in [9.17, 15) is 13.2 Å². The molecule has 46 heavy (non-hydrogen) atoms. The fourth-order valence-corrected chi connectivity index (χ4v) is 8.28. The van der Waals surface area contributed by atoms with Gasteiger partial charge in [-0.15, -0.1) is 0 Å². The van der Waals surface area contributed by atoms with Gasteiger partial charge >= 0.3 is 0 Å². The fraction of sp³-hybridized carbons (Fsp3) is 0.324. The third-order valence-corrected chi connectivity index (χ3v) is 10.8. The van der Waals surface area contributed by atoms with Crippen LogP contribution in [0.3, 0.4) is 0 Å². The second-order valence-electron chi connectivity index (χ2n) is 12.5. The van der Waals surface area contributed by atoms with Crippen LogP contribution in [0.5, 0.6) is 0 Å². The summed E-state index contributed by atoms with van der Waals surface area (Å²) in [5.41, 5.74) is 1.85. The van der Waals surface area contributed by atoms with Gasteiger partial charge in [-0.25, -0.2) is 13.4 Å². The summed E-state index contributed by atoms with van der Waals surface area (Å²) < 4.78 is 27.5. The van der Waals surface area contributed by atoms with E-state index in [1.807, 2.05) is 104 Å². The molecule has 1 aliphatic carbocycles. The summed E-state index contributed by atoms with van der Waals surface area (Å²) in [4.78, 5) is 25.5. The average Bonchev–Trinajstić information content (AvgIpc) is 3.07. The molecule has 1 atom stereocenters. The molecule has 0 bridgehead atoms. The zero-order chi connectivity index (χ0) is 32.1. The molecule has 0 radical (unpaired) electrons. The van der Waals surface area contributed by atoms with Gasteiger partial charge in [0.2, 0.25) is 11.9 Å². The number of hydrogen-bond donors (Lipinski definition) is 2. The van der Waals surface area contributed by atoms with Crippen LogP contribution in [0.1, 0.15) is 31.2 Å². The van der Waals surface area contributed by atoms with E-state index in [-0.39, 0.29) is 22.6 Å². The van der Waals surface area contributed by atoms with E-state index >= 15 is 0 Å². The molecular formula is C37H41N5O3S. The molecule has 2 N–H and O–H groups in total. The topological polar surface area (TPSA) is 104 Å². The third-order valence-electron chi connectivity index (χ3n) is 8.95. The molecule has 1 amide bonds. The Morgan fingerprint density at radius 2 is 1.50 bits per heavy atom. The lowest BCUT2D eigenvalue weighted by Gasteiger charge is -2.30. The molecule has 238 valence electrons. The van der Waals surface area contributed by atoms with Crippen molar-refractivity contribution in [3.63, 3.8) is 0 Å². The van der Waals surface area contributed by atoms with Crippen LogP contribution in [-0.4, -0.2) is 56.7 Å². The molecule has 1 heterocycles. The van der Waals surface area contributed by atoms with E-state index in [1.54, 1.807) is 12.1 Å². The first kappa shape index (κ1) is 31.5. The van der Waals surface area contributed by atoms with Crippen LogP contribution in [0.15, 0.2) is 102 Å². The Morgan fingerprint density at radius 1 is 0.826 bits per heavy atom. The average molecular weight is 636 g/mol. The number of benzene rings is 4. The molecule has 0 unspecified atom stereocenters. The second kappa shape index (κ2) is 13.9. The van der Waals surface area contributed by atoms with Gasteiger partial charge in [-0.05, 0) is 67.2 Å². The van der Waals surface area contributed by atoms with Gasteiger partial charge in [0.05, 0.1) is 22.1 Å². The van der Waals surface area contributed by atoms with Crippen molar-refractivity contribution in [2.75, 3.05) is 36.6 Å². The minimum atomic E-state index is -3.74. The fourth-order valence-electron chi connectivity index (χ4n) is 6.50. The smallest absolute Gasteiger partial charge is 0.225 e. The van der Waals surface area contributed by atoms with Crippen LogP contribution in [0.2, 0.25) is 0 Å². The summed E-state index contributed by atoms with van der Waals surface area (Å²) in [7, 11) is 0.237. The summed E-state index contributed by atoms with van der Waals surface area (Å²) in [6.45, 7) is 0.530. The van der Waals surface area contributed by atoms with Crippen molar-refractivity contribution < 1.29 is 13.2 Å². The number of hydrogen-bond acceptors (Lipinski definition) is 7. The van der Waals surface area contributed by atoms with E-state index in [0.29, 0.717) is 30.2 Å². The van der Waals surface area contributed by atoms with Crippen molar-refractivity contribution in [2.24, 2.45) is 11.8 Å². The van der Waals surface area contributed by atoms with Crippen molar-refractivity contribution in [3.05, 3.63) is 103 Å². The Morgan fingerprint density at radius 3 is 2.26 bits per heavy atom. The molecule has 4 aromatic carbocycles. The number of anilines is 2. The minimum Gasteiger partial charge on any atom is -0.362 e. The quantitative estimate of drug-likeness (QED) is 0.176. The summed E-state index contributed by atoms with van der Waals surface area (Å²) in [5, 5.41) is 9.25. The number of nitrogens with zero attached hydrogens (tertiary/aromatic N) is 3. The van der Waals surface area contributed by atoms with Gasteiger partial charge in [0.25, 0.3) is 0 Å². The maximum atomic E-state index is 13.8. The summed E-state index contributed by atoms with van der Waals surface area (Å²) in [5.74, 6) is 0.671. The van der Waals surface area contributed by atoms with Crippen LogP contribution in [-0.2, 0) is 21.1 Å². The first-order valence-electron chi connectivity index (χ1n) is 16.0. The van der Waals surface area contributed by atoms with E-state index < -0.39 is 15.8 Å².